The molecule has 0 atom stereocenters. The zero-order valence-corrected chi connectivity index (χ0v) is 10.7. The van der Waals surface area contributed by atoms with Crippen LogP contribution in [0.1, 0.15) is 12.8 Å². The second-order valence-electron chi connectivity index (χ2n) is 4.77. The van der Waals surface area contributed by atoms with Crippen molar-refractivity contribution in [2.24, 2.45) is 0 Å². The van der Waals surface area contributed by atoms with Gasteiger partial charge in [0.15, 0.2) is 11.5 Å². The van der Waals surface area contributed by atoms with Crippen LogP contribution < -0.4 is 19.7 Å². The molecule has 1 fully saturated rings. The fraction of sp³-hybridized carbons (Fsp3) is 0.571. The van der Waals surface area contributed by atoms with Gasteiger partial charge in [-0.1, -0.05) is 0 Å². The Kier molecular flexibility index (Phi) is 3.55. The summed E-state index contributed by atoms with van der Waals surface area (Å²) in [5.74, 6) is 1.75. The van der Waals surface area contributed by atoms with E-state index in [4.69, 9.17) is 9.47 Å². The van der Waals surface area contributed by atoms with E-state index in [-0.39, 0.29) is 0 Å². The Balaban J connectivity index is 1.77. The molecule has 2 aliphatic rings. The lowest BCUT2D eigenvalue weighted by Gasteiger charge is -2.28. The number of ether oxygens (including phenoxy) is 2. The lowest BCUT2D eigenvalue weighted by molar-refractivity contribution is 0.171. The quantitative estimate of drug-likeness (QED) is 0.819. The molecular weight excluding hydrogens is 228 g/mol. The molecule has 0 unspecified atom stereocenters. The second-order valence-corrected chi connectivity index (χ2v) is 4.77. The van der Waals surface area contributed by atoms with Crippen LogP contribution in [0.25, 0.3) is 0 Å². The molecular formula is C14H20N2O2. The zero-order valence-electron chi connectivity index (χ0n) is 10.7. The second kappa shape index (κ2) is 5.48. The van der Waals surface area contributed by atoms with Crippen LogP contribution >= 0.6 is 0 Å². The summed E-state index contributed by atoms with van der Waals surface area (Å²) in [4.78, 5) is 2.42. The summed E-state index contributed by atoms with van der Waals surface area (Å²) in [6.07, 6.45) is 2.49. The summed E-state index contributed by atoms with van der Waals surface area (Å²) in [6.45, 7) is 5.68. The summed E-state index contributed by atoms with van der Waals surface area (Å²) < 4.78 is 11.2. The highest BCUT2D eigenvalue weighted by molar-refractivity contribution is 5.56. The van der Waals surface area contributed by atoms with Gasteiger partial charge in [0.1, 0.15) is 13.2 Å². The zero-order chi connectivity index (χ0) is 12.2. The third-order valence-electron chi connectivity index (χ3n) is 3.48. The van der Waals surface area contributed by atoms with Gasteiger partial charge in [-0.25, -0.2) is 0 Å². The van der Waals surface area contributed by atoms with E-state index in [1.54, 1.807) is 0 Å². The maximum absolute atomic E-state index is 5.64. The first-order valence-electron chi connectivity index (χ1n) is 6.79. The molecule has 18 heavy (non-hydrogen) atoms. The van der Waals surface area contributed by atoms with Crippen molar-refractivity contribution in [3.63, 3.8) is 0 Å². The molecule has 0 aliphatic carbocycles. The number of hydrogen-bond donors (Lipinski definition) is 1. The molecule has 4 heteroatoms. The highest BCUT2D eigenvalue weighted by Crippen LogP contribution is 2.34. The van der Waals surface area contributed by atoms with Crippen molar-refractivity contribution in [1.29, 1.82) is 0 Å². The van der Waals surface area contributed by atoms with Gasteiger partial charge < -0.3 is 19.7 Å². The van der Waals surface area contributed by atoms with E-state index >= 15 is 0 Å². The van der Waals surface area contributed by atoms with Crippen LogP contribution in [0, 0.1) is 0 Å². The largest absolute Gasteiger partial charge is 0.486 e. The molecule has 0 bridgehead atoms. The lowest BCUT2D eigenvalue weighted by Crippen LogP contribution is -2.36. The van der Waals surface area contributed by atoms with Gasteiger partial charge in [0.05, 0.1) is 0 Å². The van der Waals surface area contributed by atoms with Gasteiger partial charge in [-0.15, -0.1) is 0 Å². The SMILES string of the molecule is c1cc2c(cc1N1CCCCNCC1)OCCO2. The molecule has 98 valence electrons. The van der Waals surface area contributed by atoms with Gasteiger partial charge in [-0.3, -0.25) is 0 Å². The summed E-state index contributed by atoms with van der Waals surface area (Å²) >= 11 is 0. The predicted molar refractivity (Wildman–Crippen MR) is 71.7 cm³/mol. The minimum atomic E-state index is 0.651. The number of fused-ring (bicyclic) bond motifs is 1. The van der Waals surface area contributed by atoms with Crippen molar-refractivity contribution in [2.75, 3.05) is 44.3 Å². The monoisotopic (exact) mass is 248 g/mol. The average Bonchev–Trinajstić information content (AvgIpc) is 2.38. The summed E-state index contributed by atoms with van der Waals surface area (Å²) in [6, 6.07) is 6.27. The molecule has 4 nitrogen and oxygen atoms in total. The van der Waals surface area contributed by atoms with Crippen LogP contribution in [-0.2, 0) is 0 Å². The molecule has 1 aromatic rings. The number of nitrogens with one attached hydrogen (secondary N) is 1. The van der Waals surface area contributed by atoms with Crippen LogP contribution in [0.4, 0.5) is 5.69 Å². The maximum atomic E-state index is 5.64. The predicted octanol–water partition coefficient (Wildman–Crippen LogP) is 1.65. The first-order chi connectivity index (χ1) is 8.93. The fourth-order valence-electron chi connectivity index (χ4n) is 2.49. The molecule has 2 aliphatic heterocycles. The van der Waals surface area contributed by atoms with Crippen molar-refractivity contribution < 1.29 is 9.47 Å². The van der Waals surface area contributed by atoms with E-state index in [0.717, 1.165) is 37.7 Å². The van der Waals surface area contributed by atoms with Crippen LogP contribution in [-0.4, -0.2) is 39.4 Å². The maximum Gasteiger partial charge on any atom is 0.163 e. The van der Waals surface area contributed by atoms with E-state index < -0.39 is 0 Å². The van der Waals surface area contributed by atoms with Crippen molar-refractivity contribution in [3.05, 3.63) is 18.2 Å². The van der Waals surface area contributed by atoms with Gasteiger partial charge in [-0.05, 0) is 31.5 Å². The topological polar surface area (TPSA) is 33.7 Å². The van der Waals surface area contributed by atoms with Gasteiger partial charge >= 0.3 is 0 Å². The third kappa shape index (κ3) is 2.53. The minimum Gasteiger partial charge on any atom is -0.486 e. The molecule has 1 N–H and O–H groups in total. The molecule has 0 aromatic heterocycles. The Hall–Kier alpha value is -1.42. The molecule has 1 aromatic carbocycles. The van der Waals surface area contributed by atoms with Crippen molar-refractivity contribution in [3.8, 4) is 11.5 Å². The standard InChI is InChI=1S/C14H20N2O2/c1-2-7-16(8-6-15-5-1)12-3-4-13-14(11-12)18-10-9-17-13/h3-4,11,15H,1-2,5-10H2. The van der Waals surface area contributed by atoms with Gasteiger partial charge in [0.2, 0.25) is 0 Å². The van der Waals surface area contributed by atoms with Gasteiger partial charge in [-0.2, -0.15) is 0 Å². The molecule has 0 spiro atoms. The minimum absolute atomic E-state index is 0.651. The van der Waals surface area contributed by atoms with E-state index in [1.807, 2.05) is 6.07 Å². The highest BCUT2D eigenvalue weighted by atomic mass is 16.6. The normalized spacial score (nSPS) is 20.1. The Morgan fingerprint density at radius 1 is 0.944 bits per heavy atom. The van der Waals surface area contributed by atoms with Crippen molar-refractivity contribution >= 4 is 5.69 Å². The number of nitrogens with zero attached hydrogens (tertiary/aromatic N) is 1. The van der Waals surface area contributed by atoms with Gasteiger partial charge in [0, 0.05) is 31.4 Å². The van der Waals surface area contributed by atoms with Crippen LogP contribution in [0.5, 0.6) is 11.5 Å². The molecule has 2 heterocycles. The van der Waals surface area contributed by atoms with Crippen LogP contribution in [0.2, 0.25) is 0 Å². The van der Waals surface area contributed by atoms with Crippen LogP contribution in [0.15, 0.2) is 18.2 Å². The Bertz CT molecular complexity index is 401. The van der Waals surface area contributed by atoms with Crippen molar-refractivity contribution in [1.82, 2.24) is 5.32 Å². The molecule has 0 radical (unpaired) electrons. The third-order valence-corrected chi connectivity index (χ3v) is 3.48. The first-order valence-corrected chi connectivity index (χ1v) is 6.79. The Morgan fingerprint density at radius 2 is 1.83 bits per heavy atom. The first kappa shape index (κ1) is 11.7. The Labute approximate surface area is 108 Å². The lowest BCUT2D eigenvalue weighted by atomic mass is 10.2. The smallest absolute Gasteiger partial charge is 0.163 e. The van der Waals surface area contributed by atoms with E-state index in [9.17, 15) is 0 Å². The molecule has 0 amide bonds. The fourth-order valence-corrected chi connectivity index (χ4v) is 2.49. The summed E-state index contributed by atoms with van der Waals surface area (Å²) in [5.41, 5.74) is 1.24. The van der Waals surface area contributed by atoms with Crippen molar-refractivity contribution in [2.45, 2.75) is 12.8 Å². The molecule has 0 saturated carbocycles. The van der Waals surface area contributed by atoms with Gasteiger partial charge in [0.25, 0.3) is 0 Å². The van der Waals surface area contributed by atoms with Crippen LogP contribution in [0.3, 0.4) is 0 Å². The Morgan fingerprint density at radius 3 is 2.78 bits per heavy atom. The van der Waals surface area contributed by atoms with E-state index in [0.29, 0.717) is 13.2 Å². The molecule has 3 rings (SSSR count). The molecule has 1 saturated heterocycles. The number of benzene rings is 1. The average molecular weight is 248 g/mol. The number of anilines is 1. The van der Waals surface area contributed by atoms with E-state index in [2.05, 4.69) is 22.3 Å². The summed E-state index contributed by atoms with van der Waals surface area (Å²) in [5, 5.41) is 3.45. The van der Waals surface area contributed by atoms with E-state index in [1.165, 1.54) is 18.5 Å². The number of rotatable bonds is 1. The number of hydrogen-bond acceptors (Lipinski definition) is 4. The highest BCUT2D eigenvalue weighted by Gasteiger charge is 2.15. The summed E-state index contributed by atoms with van der Waals surface area (Å²) in [7, 11) is 0.